The van der Waals surface area contributed by atoms with E-state index in [4.69, 9.17) is 10.2 Å². The maximum atomic E-state index is 9.90. The first kappa shape index (κ1) is 13.9. The van der Waals surface area contributed by atoms with Gasteiger partial charge >= 0.3 is 11.9 Å². The summed E-state index contributed by atoms with van der Waals surface area (Å²) >= 11 is 0. The van der Waals surface area contributed by atoms with Gasteiger partial charge in [0.25, 0.3) is 0 Å². The molecular weight excluding hydrogens is 214 g/mol. The molecule has 7 heteroatoms. The lowest BCUT2D eigenvalue weighted by Gasteiger charge is -1.92. The van der Waals surface area contributed by atoms with Crippen molar-refractivity contribution in [3.63, 3.8) is 0 Å². The van der Waals surface area contributed by atoms with Crippen molar-refractivity contribution in [2.24, 2.45) is 0 Å². The molecule has 0 saturated carbocycles. The van der Waals surface area contributed by atoms with Gasteiger partial charge in [-0.2, -0.15) is 0 Å². The summed E-state index contributed by atoms with van der Waals surface area (Å²) in [7, 11) is 0. The Morgan fingerprint density at radius 2 is 1.38 bits per heavy atom. The van der Waals surface area contributed by atoms with E-state index in [-0.39, 0.29) is 12.8 Å². The first-order chi connectivity index (χ1) is 7.63. The first-order valence-electron chi connectivity index (χ1n) is 4.65. The van der Waals surface area contributed by atoms with Gasteiger partial charge in [0.05, 0.1) is 12.4 Å². The lowest BCUT2D eigenvalue weighted by molar-refractivity contribution is -0.139. The second-order valence-corrected chi connectivity index (χ2v) is 2.81. The third-order valence-corrected chi connectivity index (χ3v) is 1.44. The number of unbranched alkanes of at least 4 members (excludes halogenated alkanes) is 1. The highest BCUT2D eigenvalue weighted by molar-refractivity contribution is 5.67. The number of rotatable bonds is 5. The standard InChI is InChI=1S/C6H10O4.C3H3N3/c7-5(8)3-1-2-4-6(9)10;1-2-4-6-5-3-1/h1-4H2,(H,7,8)(H,9,10);1-3H. The van der Waals surface area contributed by atoms with Crippen LogP contribution < -0.4 is 0 Å². The fraction of sp³-hybridized carbons (Fsp3) is 0.444. The molecule has 0 bridgehead atoms. The number of carbonyl (C=O) groups is 2. The van der Waals surface area contributed by atoms with Crippen molar-refractivity contribution in [2.45, 2.75) is 25.7 Å². The minimum Gasteiger partial charge on any atom is -0.481 e. The van der Waals surface area contributed by atoms with Crippen molar-refractivity contribution in [1.82, 2.24) is 15.4 Å². The first-order valence-corrected chi connectivity index (χ1v) is 4.65. The topological polar surface area (TPSA) is 113 Å². The van der Waals surface area contributed by atoms with Gasteiger partial charge in [0.1, 0.15) is 0 Å². The SMILES string of the molecule is O=C(O)CCCCC(=O)O.c1cnnnc1. The average molecular weight is 227 g/mol. The molecule has 88 valence electrons. The molecule has 0 radical (unpaired) electrons. The van der Waals surface area contributed by atoms with Crippen LogP contribution >= 0.6 is 0 Å². The predicted molar refractivity (Wildman–Crippen MR) is 53.6 cm³/mol. The zero-order valence-electron chi connectivity index (χ0n) is 8.61. The van der Waals surface area contributed by atoms with Gasteiger partial charge in [-0.05, 0) is 24.1 Å². The Bertz CT molecular complexity index is 262. The van der Waals surface area contributed by atoms with Crippen molar-refractivity contribution in [3.05, 3.63) is 18.5 Å². The molecule has 0 amide bonds. The summed E-state index contributed by atoms with van der Waals surface area (Å²) in [5, 5.41) is 26.4. The third kappa shape index (κ3) is 11.9. The molecule has 1 rings (SSSR count). The van der Waals surface area contributed by atoms with E-state index in [1.165, 1.54) is 0 Å². The highest BCUT2D eigenvalue weighted by Crippen LogP contribution is 1.98. The van der Waals surface area contributed by atoms with E-state index in [0.717, 1.165) is 0 Å². The Morgan fingerprint density at radius 1 is 0.938 bits per heavy atom. The Balaban J connectivity index is 0.000000315. The Morgan fingerprint density at radius 3 is 1.56 bits per heavy atom. The van der Waals surface area contributed by atoms with Crippen molar-refractivity contribution in [1.29, 1.82) is 0 Å². The van der Waals surface area contributed by atoms with Gasteiger partial charge in [0.2, 0.25) is 0 Å². The van der Waals surface area contributed by atoms with Crippen LogP contribution in [0.5, 0.6) is 0 Å². The second-order valence-electron chi connectivity index (χ2n) is 2.81. The second kappa shape index (κ2) is 9.50. The van der Waals surface area contributed by atoms with Crippen LogP contribution in [0.4, 0.5) is 0 Å². The molecule has 2 N–H and O–H groups in total. The molecule has 0 aliphatic carbocycles. The van der Waals surface area contributed by atoms with Crippen LogP contribution in [0.25, 0.3) is 0 Å². The van der Waals surface area contributed by atoms with Crippen LogP contribution in [0.1, 0.15) is 25.7 Å². The van der Waals surface area contributed by atoms with E-state index in [0.29, 0.717) is 12.8 Å². The van der Waals surface area contributed by atoms with Gasteiger partial charge in [-0.1, -0.05) is 0 Å². The number of hydrogen-bond donors (Lipinski definition) is 2. The monoisotopic (exact) mass is 227 g/mol. The van der Waals surface area contributed by atoms with E-state index in [1.807, 2.05) is 0 Å². The van der Waals surface area contributed by atoms with E-state index in [2.05, 4.69) is 15.4 Å². The maximum Gasteiger partial charge on any atom is 0.303 e. The van der Waals surface area contributed by atoms with E-state index in [1.54, 1.807) is 18.5 Å². The van der Waals surface area contributed by atoms with Crippen molar-refractivity contribution in [2.75, 3.05) is 0 Å². The minimum absolute atomic E-state index is 0.0628. The summed E-state index contributed by atoms with van der Waals surface area (Å²) in [6, 6.07) is 1.72. The molecule has 0 aliphatic heterocycles. The maximum absolute atomic E-state index is 9.90. The number of carboxylic acid groups (broad SMARTS) is 2. The smallest absolute Gasteiger partial charge is 0.303 e. The number of hydrogen-bond acceptors (Lipinski definition) is 5. The van der Waals surface area contributed by atoms with Crippen LogP contribution in [0.15, 0.2) is 18.5 Å². The van der Waals surface area contributed by atoms with Crippen LogP contribution in [-0.4, -0.2) is 37.6 Å². The van der Waals surface area contributed by atoms with Gasteiger partial charge in [-0.25, -0.2) is 0 Å². The summed E-state index contributed by atoms with van der Waals surface area (Å²) in [6.07, 6.45) is 4.17. The number of aromatic nitrogens is 3. The lowest BCUT2D eigenvalue weighted by atomic mass is 10.2. The number of nitrogens with zero attached hydrogens (tertiary/aromatic N) is 3. The van der Waals surface area contributed by atoms with Crippen molar-refractivity contribution < 1.29 is 19.8 Å². The molecule has 0 atom stereocenters. The highest BCUT2D eigenvalue weighted by atomic mass is 16.4. The Labute approximate surface area is 92.1 Å². The minimum atomic E-state index is -0.870. The van der Waals surface area contributed by atoms with Crippen molar-refractivity contribution >= 4 is 11.9 Å². The fourth-order valence-electron chi connectivity index (χ4n) is 0.757. The molecule has 0 aliphatic rings. The van der Waals surface area contributed by atoms with Crippen LogP contribution in [-0.2, 0) is 9.59 Å². The van der Waals surface area contributed by atoms with Crippen LogP contribution in [0, 0.1) is 0 Å². The average Bonchev–Trinajstić information content (AvgIpc) is 2.27. The summed E-state index contributed by atoms with van der Waals surface area (Å²) in [5.74, 6) is -1.74. The molecule has 0 unspecified atom stereocenters. The summed E-state index contributed by atoms with van der Waals surface area (Å²) < 4.78 is 0. The normalized spacial score (nSPS) is 8.75. The molecule has 16 heavy (non-hydrogen) atoms. The van der Waals surface area contributed by atoms with Gasteiger partial charge in [0.15, 0.2) is 0 Å². The lowest BCUT2D eigenvalue weighted by Crippen LogP contribution is -1.97. The number of aliphatic carboxylic acids is 2. The van der Waals surface area contributed by atoms with Crippen LogP contribution in [0.2, 0.25) is 0 Å². The van der Waals surface area contributed by atoms with E-state index < -0.39 is 11.9 Å². The molecule has 1 aromatic heterocycles. The fourth-order valence-corrected chi connectivity index (χ4v) is 0.757. The van der Waals surface area contributed by atoms with Gasteiger partial charge < -0.3 is 10.2 Å². The quantitative estimate of drug-likeness (QED) is 0.707. The zero-order chi connectivity index (χ0) is 12.2. The Kier molecular flexibility index (Phi) is 8.29. The molecule has 0 aromatic carbocycles. The molecule has 0 spiro atoms. The molecule has 7 nitrogen and oxygen atoms in total. The summed E-state index contributed by atoms with van der Waals surface area (Å²) in [6.45, 7) is 0. The zero-order valence-corrected chi connectivity index (χ0v) is 8.61. The molecular formula is C9H13N3O4. The molecule has 1 aromatic rings. The Hall–Kier alpha value is -2.05. The highest BCUT2D eigenvalue weighted by Gasteiger charge is 1.99. The van der Waals surface area contributed by atoms with E-state index >= 15 is 0 Å². The van der Waals surface area contributed by atoms with Crippen LogP contribution in [0.3, 0.4) is 0 Å². The van der Waals surface area contributed by atoms with E-state index in [9.17, 15) is 9.59 Å². The third-order valence-electron chi connectivity index (χ3n) is 1.44. The van der Waals surface area contributed by atoms with Gasteiger partial charge in [-0.15, -0.1) is 10.2 Å². The number of carboxylic acids is 2. The summed E-state index contributed by atoms with van der Waals surface area (Å²) in [5.41, 5.74) is 0. The molecule has 1 heterocycles. The molecule has 0 saturated heterocycles. The molecule has 0 fully saturated rings. The van der Waals surface area contributed by atoms with Crippen molar-refractivity contribution in [3.8, 4) is 0 Å². The van der Waals surface area contributed by atoms with Gasteiger partial charge in [0, 0.05) is 12.8 Å². The largest absolute Gasteiger partial charge is 0.481 e. The van der Waals surface area contributed by atoms with Gasteiger partial charge in [-0.3, -0.25) is 9.59 Å². The summed E-state index contributed by atoms with van der Waals surface area (Å²) in [4.78, 5) is 19.8. The predicted octanol–water partition coefficient (Wildman–Crippen LogP) is 0.588.